The van der Waals surface area contributed by atoms with Gasteiger partial charge in [0.2, 0.25) is 0 Å². The second-order valence-electron chi connectivity index (χ2n) is 7.48. The number of hydrogen-bond donors (Lipinski definition) is 0. The molecule has 4 rings (SSSR count). The highest BCUT2D eigenvalue weighted by Gasteiger charge is 2.45. The van der Waals surface area contributed by atoms with E-state index in [1.165, 1.54) is 6.07 Å². The molecule has 1 spiro atoms. The van der Waals surface area contributed by atoms with E-state index in [0.29, 0.717) is 19.7 Å². The van der Waals surface area contributed by atoms with Gasteiger partial charge in [-0.15, -0.1) is 0 Å². The molecule has 2 aromatic carbocycles. The molecule has 0 aliphatic carbocycles. The fraction of sp³-hybridized carbons (Fsp3) is 0.409. The number of likely N-dealkylation sites (N-methyl/N-ethyl adjacent to an activating group) is 1. The SMILES string of the molecule is CCN1CC2(CCN(C(=O)OCc3ccccc3)CC2)c2cc(F)ccc21. The molecule has 142 valence electrons. The number of carbonyl (C=O) groups excluding carboxylic acids is 1. The van der Waals surface area contributed by atoms with Crippen LogP contribution in [0.3, 0.4) is 0 Å². The molecule has 0 bridgehead atoms. The molecule has 1 amide bonds. The normalized spacial score (nSPS) is 17.9. The molecule has 1 fully saturated rings. The number of anilines is 1. The van der Waals surface area contributed by atoms with Crippen LogP contribution < -0.4 is 4.90 Å². The van der Waals surface area contributed by atoms with E-state index in [1.807, 2.05) is 36.4 Å². The molecule has 27 heavy (non-hydrogen) atoms. The third-order valence-corrected chi connectivity index (χ3v) is 5.93. The molecule has 4 nitrogen and oxygen atoms in total. The van der Waals surface area contributed by atoms with E-state index >= 15 is 0 Å². The van der Waals surface area contributed by atoms with E-state index in [2.05, 4.69) is 11.8 Å². The highest BCUT2D eigenvalue weighted by atomic mass is 19.1. The number of carbonyl (C=O) groups is 1. The van der Waals surface area contributed by atoms with E-state index in [9.17, 15) is 9.18 Å². The lowest BCUT2D eigenvalue weighted by molar-refractivity contribution is 0.0789. The van der Waals surface area contributed by atoms with Gasteiger partial charge < -0.3 is 14.5 Å². The highest BCUT2D eigenvalue weighted by Crippen LogP contribution is 2.47. The Bertz CT molecular complexity index is 816. The van der Waals surface area contributed by atoms with Gasteiger partial charge in [-0.05, 0) is 49.1 Å². The lowest BCUT2D eigenvalue weighted by atomic mass is 9.74. The van der Waals surface area contributed by atoms with Crippen LogP contribution in [0.1, 0.15) is 30.9 Å². The molecule has 2 heterocycles. The van der Waals surface area contributed by atoms with Gasteiger partial charge in [0, 0.05) is 37.3 Å². The predicted octanol–water partition coefficient (Wildman–Crippen LogP) is 4.34. The molecular weight excluding hydrogens is 343 g/mol. The first-order chi connectivity index (χ1) is 13.1. The van der Waals surface area contributed by atoms with Gasteiger partial charge in [-0.3, -0.25) is 0 Å². The second kappa shape index (κ2) is 7.22. The van der Waals surface area contributed by atoms with Crippen molar-refractivity contribution in [1.29, 1.82) is 0 Å². The Balaban J connectivity index is 1.42. The Morgan fingerprint density at radius 3 is 2.59 bits per heavy atom. The van der Waals surface area contributed by atoms with E-state index in [0.717, 1.165) is 42.7 Å². The number of rotatable bonds is 3. The van der Waals surface area contributed by atoms with Crippen molar-refractivity contribution in [3.63, 3.8) is 0 Å². The van der Waals surface area contributed by atoms with Crippen molar-refractivity contribution in [3.05, 3.63) is 65.5 Å². The Morgan fingerprint density at radius 2 is 1.89 bits per heavy atom. The molecule has 0 aromatic heterocycles. The van der Waals surface area contributed by atoms with E-state index in [1.54, 1.807) is 11.0 Å². The van der Waals surface area contributed by atoms with Crippen LogP contribution in [0.2, 0.25) is 0 Å². The molecule has 0 N–H and O–H groups in total. The highest BCUT2D eigenvalue weighted by molar-refractivity contribution is 5.68. The molecule has 0 unspecified atom stereocenters. The molecule has 2 aromatic rings. The van der Waals surface area contributed by atoms with Crippen LogP contribution >= 0.6 is 0 Å². The summed E-state index contributed by atoms with van der Waals surface area (Å²) in [6.45, 7) is 5.50. The maximum Gasteiger partial charge on any atom is 0.410 e. The van der Waals surface area contributed by atoms with Crippen molar-refractivity contribution in [3.8, 4) is 0 Å². The van der Waals surface area contributed by atoms with Gasteiger partial charge in [0.15, 0.2) is 0 Å². The third-order valence-electron chi connectivity index (χ3n) is 5.93. The minimum atomic E-state index is -0.265. The van der Waals surface area contributed by atoms with Crippen molar-refractivity contribution in [2.24, 2.45) is 0 Å². The first-order valence-electron chi connectivity index (χ1n) is 9.62. The standard InChI is InChI=1S/C22H25FN2O2/c1-2-24-16-22(19-14-18(23)8-9-20(19)24)10-12-25(13-11-22)21(26)27-15-17-6-4-3-5-7-17/h3-9,14H,2,10-13,15-16H2,1H3. The first-order valence-corrected chi connectivity index (χ1v) is 9.62. The molecule has 5 heteroatoms. The number of ether oxygens (including phenoxy) is 1. The molecular formula is C22H25FN2O2. The van der Waals surface area contributed by atoms with Crippen LogP contribution in [-0.4, -0.2) is 37.2 Å². The lowest BCUT2D eigenvalue weighted by Crippen LogP contribution is -2.47. The van der Waals surface area contributed by atoms with Gasteiger partial charge in [0.05, 0.1) is 0 Å². The van der Waals surface area contributed by atoms with Crippen molar-refractivity contribution in [1.82, 2.24) is 4.90 Å². The Morgan fingerprint density at radius 1 is 1.15 bits per heavy atom. The molecule has 2 aliphatic heterocycles. The third kappa shape index (κ3) is 3.38. The minimum Gasteiger partial charge on any atom is -0.445 e. The zero-order valence-electron chi connectivity index (χ0n) is 15.7. The zero-order valence-corrected chi connectivity index (χ0v) is 15.7. The molecule has 0 radical (unpaired) electrons. The van der Waals surface area contributed by atoms with Crippen LogP contribution in [0.4, 0.5) is 14.9 Å². The van der Waals surface area contributed by atoms with Gasteiger partial charge in [-0.1, -0.05) is 30.3 Å². The second-order valence-corrected chi connectivity index (χ2v) is 7.48. The minimum absolute atomic E-state index is 0.0658. The first kappa shape index (κ1) is 17.8. The summed E-state index contributed by atoms with van der Waals surface area (Å²) in [5.41, 5.74) is 3.16. The fourth-order valence-electron chi connectivity index (χ4n) is 4.38. The summed E-state index contributed by atoms with van der Waals surface area (Å²) >= 11 is 0. The van der Waals surface area contributed by atoms with Crippen LogP contribution in [0.15, 0.2) is 48.5 Å². The summed E-state index contributed by atoms with van der Waals surface area (Å²) in [7, 11) is 0. The van der Waals surface area contributed by atoms with Crippen molar-refractivity contribution >= 4 is 11.8 Å². The van der Waals surface area contributed by atoms with Crippen LogP contribution in [0, 0.1) is 5.82 Å². The van der Waals surface area contributed by atoms with Gasteiger partial charge in [-0.25, -0.2) is 9.18 Å². The molecule has 1 saturated heterocycles. The smallest absolute Gasteiger partial charge is 0.410 e. The summed E-state index contributed by atoms with van der Waals surface area (Å²) < 4.78 is 19.4. The molecule has 0 saturated carbocycles. The number of hydrogen-bond acceptors (Lipinski definition) is 3. The van der Waals surface area contributed by atoms with Crippen molar-refractivity contribution in [2.75, 3.05) is 31.1 Å². The monoisotopic (exact) mass is 368 g/mol. The Labute approximate surface area is 159 Å². The molecule has 0 atom stereocenters. The Hall–Kier alpha value is -2.56. The van der Waals surface area contributed by atoms with Gasteiger partial charge in [0.1, 0.15) is 12.4 Å². The van der Waals surface area contributed by atoms with Gasteiger partial charge in [-0.2, -0.15) is 0 Å². The zero-order chi connectivity index (χ0) is 18.9. The number of fused-ring (bicyclic) bond motifs is 2. The number of likely N-dealkylation sites (tertiary alicyclic amines) is 1. The number of halogens is 1. The quantitative estimate of drug-likeness (QED) is 0.808. The Kier molecular flexibility index (Phi) is 4.77. The summed E-state index contributed by atoms with van der Waals surface area (Å²) in [6, 6.07) is 14.8. The average molecular weight is 368 g/mol. The van der Waals surface area contributed by atoms with Crippen LogP contribution in [-0.2, 0) is 16.8 Å². The lowest BCUT2D eigenvalue weighted by Gasteiger charge is -2.39. The van der Waals surface area contributed by atoms with E-state index in [4.69, 9.17) is 4.74 Å². The maximum atomic E-state index is 13.9. The molecule has 2 aliphatic rings. The summed E-state index contributed by atoms with van der Waals surface area (Å²) in [4.78, 5) is 16.5. The summed E-state index contributed by atoms with van der Waals surface area (Å²) in [6.07, 6.45) is 1.40. The summed E-state index contributed by atoms with van der Waals surface area (Å²) in [5, 5.41) is 0. The van der Waals surface area contributed by atoms with Crippen LogP contribution in [0.25, 0.3) is 0 Å². The summed E-state index contributed by atoms with van der Waals surface area (Å²) in [5.74, 6) is -0.184. The number of piperidine rings is 1. The number of nitrogens with zero attached hydrogens (tertiary/aromatic N) is 2. The largest absolute Gasteiger partial charge is 0.445 e. The van der Waals surface area contributed by atoms with Crippen molar-refractivity contribution in [2.45, 2.75) is 31.8 Å². The van der Waals surface area contributed by atoms with E-state index < -0.39 is 0 Å². The number of benzene rings is 2. The maximum absolute atomic E-state index is 13.9. The van der Waals surface area contributed by atoms with Crippen LogP contribution in [0.5, 0.6) is 0 Å². The van der Waals surface area contributed by atoms with Gasteiger partial charge in [0.25, 0.3) is 0 Å². The topological polar surface area (TPSA) is 32.8 Å². The van der Waals surface area contributed by atoms with E-state index in [-0.39, 0.29) is 17.3 Å². The number of amides is 1. The predicted molar refractivity (Wildman–Crippen MR) is 103 cm³/mol. The fourth-order valence-corrected chi connectivity index (χ4v) is 4.38. The average Bonchev–Trinajstić information content (AvgIpc) is 3.00. The van der Waals surface area contributed by atoms with Crippen molar-refractivity contribution < 1.29 is 13.9 Å². The van der Waals surface area contributed by atoms with Gasteiger partial charge >= 0.3 is 6.09 Å².